The summed E-state index contributed by atoms with van der Waals surface area (Å²) >= 11 is 0. The van der Waals surface area contributed by atoms with E-state index in [0.29, 0.717) is 6.04 Å². The maximum absolute atomic E-state index is 12.5. The molecule has 0 spiro atoms. The lowest BCUT2D eigenvalue weighted by Gasteiger charge is -2.13. The molecule has 0 aliphatic carbocycles. The second kappa shape index (κ2) is 4.91. The van der Waals surface area contributed by atoms with Crippen LogP contribution in [0.4, 0.5) is 8.78 Å². The zero-order valence-corrected chi connectivity index (χ0v) is 9.47. The van der Waals surface area contributed by atoms with Gasteiger partial charge in [0.1, 0.15) is 0 Å². The van der Waals surface area contributed by atoms with Crippen molar-refractivity contribution in [3.8, 4) is 0 Å². The fourth-order valence-electron chi connectivity index (χ4n) is 2.28. The molecule has 0 bridgehead atoms. The molecule has 1 aliphatic rings. The molecular weight excluding hydrogens is 208 g/mol. The molecule has 1 aliphatic heterocycles. The monoisotopic (exact) mass is 225 g/mol. The highest BCUT2D eigenvalue weighted by Gasteiger charge is 2.16. The van der Waals surface area contributed by atoms with E-state index in [-0.39, 0.29) is 5.56 Å². The van der Waals surface area contributed by atoms with E-state index in [1.165, 1.54) is 18.4 Å². The SMILES string of the molecule is Cc1cc(C(F)F)ccc1CC1CCCN1. The first-order valence-electron chi connectivity index (χ1n) is 5.78. The second-order valence-corrected chi connectivity index (χ2v) is 4.48. The number of aryl methyl sites for hydroxylation is 1. The van der Waals surface area contributed by atoms with Gasteiger partial charge in [-0.2, -0.15) is 0 Å². The summed E-state index contributed by atoms with van der Waals surface area (Å²) in [7, 11) is 0. The van der Waals surface area contributed by atoms with E-state index in [1.807, 2.05) is 13.0 Å². The number of hydrogen-bond acceptors (Lipinski definition) is 1. The molecule has 1 nitrogen and oxygen atoms in total. The molecule has 1 atom stereocenters. The number of nitrogens with one attached hydrogen (secondary N) is 1. The van der Waals surface area contributed by atoms with Gasteiger partial charge in [-0.3, -0.25) is 0 Å². The normalized spacial score (nSPS) is 20.6. The van der Waals surface area contributed by atoms with E-state index in [2.05, 4.69) is 5.32 Å². The first-order valence-corrected chi connectivity index (χ1v) is 5.78. The van der Waals surface area contributed by atoms with Crippen molar-refractivity contribution in [2.45, 2.75) is 38.7 Å². The summed E-state index contributed by atoms with van der Waals surface area (Å²) in [5.41, 5.74) is 2.29. The van der Waals surface area contributed by atoms with Crippen LogP contribution >= 0.6 is 0 Å². The van der Waals surface area contributed by atoms with Crippen LogP contribution in [0.1, 0.15) is 36.0 Å². The summed E-state index contributed by atoms with van der Waals surface area (Å²) in [6.07, 6.45) is 1.00. The van der Waals surface area contributed by atoms with Crippen LogP contribution in [-0.2, 0) is 6.42 Å². The third kappa shape index (κ3) is 2.59. The third-order valence-corrected chi connectivity index (χ3v) is 3.25. The van der Waals surface area contributed by atoms with Crippen LogP contribution in [-0.4, -0.2) is 12.6 Å². The number of halogens is 2. The zero-order chi connectivity index (χ0) is 11.5. The van der Waals surface area contributed by atoms with Gasteiger partial charge in [0.25, 0.3) is 6.43 Å². The maximum atomic E-state index is 12.5. The summed E-state index contributed by atoms with van der Waals surface area (Å²) in [6.45, 7) is 3.00. The first kappa shape index (κ1) is 11.5. The molecule has 1 aromatic carbocycles. The van der Waals surface area contributed by atoms with Gasteiger partial charge in [-0.05, 0) is 43.9 Å². The average Bonchev–Trinajstić information content (AvgIpc) is 2.73. The number of alkyl halides is 2. The predicted octanol–water partition coefficient (Wildman–Crippen LogP) is 3.23. The van der Waals surface area contributed by atoms with Gasteiger partial charge in [0, 0.05) is 11.6 Å². The lowest BCUT2D eigenvalue weighted by molar-refractivity contribution is 0.151. The Labute approximate surface area is 94.9 Å². The van der Waals surface area contributed by atoms with E-state index < -0.39 is 6.43 Å². The Balaban J connectivity index is 2.09. The molecular formula is C13H17F2N. The molecule has 0 radical (unpaired) electrons. The molecule has 1 saturated heterocycles. The molecule has 0 amide bonds. The Morgan fingerprint density at radius 2 is 2.25 bits per heavy atom. The minimum atomic E-state index is -2.36. The van der Waals surface area contributed by atoms with Crippen LogP contribution in [0.5, 0.6) is 0 Å². The Bertz CT molecular complexity index is 357. The van der Waals surface area contributed by atoms with Crippen molar-refractivity contribution < 1.29 is 8.78 Å². The molecule has 0 saturated carbocycles. The number of hydrogen-bond donors (Lipinski definition) is 1. The largest absolute Gasteiger partial charge is 0.314 e. The van der Waals surface area contributed by atoms with Gasteiger partial charge in [0.2, 0.25) is 0 Å². The molecule has 1 heterocycles. The zero-order valence-electron chi connectivity index (χ0n) is 9.47. The van der Waals surface area contributed by atoms with Gasteiger partial charge in [-0.25, -0.2) is 8.78 Å². The highest BCUT2D eigenvalue weighted by atomic mass is 19.3. The second-order valence-electron chi connectivity index (χ2n) is 4.48. The number of rotatable bonds is 3. The predicted molar refractivity (Wildman–Crippen MR) is 60.9 cm³/mol. The van der Waals surface area contributed by atoms with Gasteiger partial charge < -0.3 is 5.32 Å². The minimum absolute atomic E-state index is 0.126. The molecule has 88 valence electrons. The summed E-state index contributed by atoms with van der Waals surface area (Å²) in [5, 5.41) is 3.42. The van der Waals surface area contributed by atoms with E-state index in [0.717, 1.165) is 18.5 Å². The Morgan fingerprint density at radius 1 is 1.44 bits per heavy atom. The van der Waals surface area contributed by atoms with Crippen molar-refractivity contribution in [1.29, 1.82) is 0 Å². The molecule has 1 fully saturated rings. The molecule has 3 heteroatoms. The van der Waals surface area contributed by atoms with E-state index in [4.69, 9.17) is 0 Å². The highest BCUT2D eigenvalue weighted by molar-refractivity contribution is 5.32. The standard InChI is InChI=1S/C13H17F2N/c1-9-7-11(13(14)15)5-4-10(9)8-12-3-2-6-16-12/h4-5,7,12-13,16H,2-3,6,8H2,1H3. The molecule has 1 aromatic rings. The van der Waals surface area contributed by atoms with Gasteiger partial charge in [-0.1, -0.05) is 18.2 Å². The van der Waals surface area contributed by atoms with Crippen molar-refractivity contribution in [3.05, 3.63) is 34.9 Å². The maximum Gasteiger partial charge on any atom is 0.263 e. The molecule has 0 aromatic heterocycles. The quantitative estimate of drug-likeness (QED) is 0.832. The van der Waals surface area contributed by atoms with Crippen LogP contribution < -0.4 is 5.32 Å². The summed E-state index contributed by atoms with van der Waals surface area (Å²) in [4.78, 5) is 0. The van der Waals surface area contributed by atoms with E-state index in [9.17, 15) is 8.78 Å². The average molecular weight is 225 g/mol. The lowest BCUT2D eigenvalue weighted by atomic mass is 9.98. The fourth-order valence-corrected chi connectivity index (χ4v) is 2.28. The van der Waals surface area contributed by atoms with Crippen molar-refractivity contribution in [1.82, 2.24) is 5.32 Å². The first-order chi connectivity index (χ1) is 7.66. The fraction of sp³-hybridized carbons (Fsp3) is 0.538. The van der Waals surface area contributed by atoms with E-state index in [1.54, 1.807) is 12.1 Å². The summed E-state index contributed by atoms with van der Waals surface area (Å²) in [5.74, 6) is 0. The molecule has 2 rings (SSSR count). The summed E-state index contributed by atoms with van der Waals surface area (Å²) in [6, 6.07) is 5.52. The van der Waals surface area contributed by atoms with Crippen molar-refractivity contribution >= 4 is 0 Å². The van der Waals surface area contributed by atoms with Gasteiger partial charge in [0.05, 0.1) is 0 Å². The Morgan fingerprint density at radius 3 is 2.81 bits per heavy atom. The smallest absolute Gasteiger partial charge is 0.263 e. The van der Waals surface area contributed by atoms with Crippen LogP contribution in [0, 0.1) is 6.92 Å². The van der Waals surface area contributed by atoms with Gasteiger partial charge >= 0.3 is 0 Å². The van der Waals surface area contributed by atoms with Crippen LogP contribution in [0.25, 0.3) is 0 Å². The molecule has 1 unspecified atom stereocenters. The lowest BCUT2D eigenvalue weighted by Crippen LogP contribution is -2.23. The highest BCUT2D eigenvalue weighted by Crippen LogP contribution is 2.23. The van der Waals surface area contributed by atoms with Gasteiger partial charge in [-0.15, -0.1) is 0 Å². The van der Waals surface area contributed by atoms with Crippen molar-refractivity contribution in [3.63, 3.8) is 0 Å². The Kier molecular flexibility index (Phi) is 3.54. The topological polar surface area (TPSA) is 12.0 Å². The van der Waals surface area contributed by atoms with E-state index >= 15 is 0 Å². The van der Waals surface area contributed by atoms with Crippen molar-refractivity contribution in [2.75, 3.05) is 6.54 Å². The van der Waals surface area contributed by atoms with Crippen LogP contribution in [0.2, 0.25) is 0 Å². The van der Waals surface area contributed by atoms with Gasteiger partial charge in [0.15, 0.2) is 0 Å². The minimum Gasteiger partial charge on any atom is -0.314 e. The molecule has 16 heavy (non-hydrogen) atoms. The summed E-state index contributed by atoms with van der Waals surface area (Å²) < 4.78 is 24.9. The third-order valence-electron chi connectivity index (χ3n) is 3.25. The van der Waals surface area contributed by atoms with Crippen LogP contribution in [0.15, 0.2) is 18.2 Å². The van der Waals surface area contributed by atoms with Crippen molar-refractivity contribution in [2.24, 2.45) is 0 Å². The Hall–Kier alpha value is -0.960. The number of benzene rings is 1. The van der Waals surface area contributed by atoms with Crippen LogP contribution in [0.3, 0.4) is 0 Å². The molecule has 1 N–H and O–H groups in total.